The standard InChI is InChI=1S/C16H21N5/c1-20-16(14-10-6-3-7-11-14)17-15(12-21(16)19-18-20)13-8-4-2-5-9-13/h2,4-5,8-9,14H,3,6-7,10-12H2,1H3. The first-order valence-electron chi connectivity index (χ1n) is 7.88. The summed E-state index contributed by atoms with van der Waals surface area (Å²) in [6.45, 7) is 0.758. The van der Waals surface area contributed by atoms with E-state index < -0.39 is 0 Å². The lowest BCUT2D eigenvalue weighted by Gasteiger charge is -2.40. The van der Waals surface area contributed by atoms with Crippen molar-refractivity contribution in [2.75, 3.05) is 13.6 Å². The second-order valence-electron chi connectivity index (χ2n) is 6.21. The lowest BCUT2D eigenvalue weighted by atomic mass is 9.83. The monoisotopic (exact) mass is 283 g/mol. The Hall–Kier alpha value is -1.91. The molecule has 0 aromatic heterocycles. The summed E-state index contributed by atoms with van der Waals surface area (Å²) in [7, 11) is 2.01. The number of nitrogens with zero attached hydrogens (tertiary/aromatic N) is 5. The summed E-state index contributed by atoms with van der Waals surface area (Å²) in [5.41, 5.74) is 2.33. The fraction of sp³-hybridized carbons (Fsp3) is 0.562. The van der Waals surface area contributed by atoms with Gasteiger partial charge in [-0.3, -0.25) is 0 Å². The minimum absolute atomic E-state index is 0.369. The van der Waals surface area contributed by atoms with Crippen LogP contribution in [0.15, 0.2) is 45.8 Å². The van der Waals surface area contributed by atoms with Gasteiger partial charge >= 0.3 is 0 Å². The molecule has 4 rings (SSSR count). The number of hydrogen-bond acceptors (Lipinski definition) is 5. The van der Waals surface area contributed by atoms with E-state index in [1.807, 2.05) is 18.1 Å². The average Bonchev–Trinajstić information content (AvgIpc) is 3.08. The highest BCUT2D eigenvalue weighted by Crippen LogP contribution is 2.45. The molecule has 0 saturated heterocycles. The normalized spacial score (nSPS) is 28.9. The predicted octanol–water partition coefficient (Wildman–Crippen LogP) is 3.25. The SMILES string of the molecule is CN1N=NN2CC(c3ccccc3)=NC12C1CCCCC1. The third-order valence-electron chi connectivity index (χ3n) is 5.00. The fourth-order valence-corrected chi connectivity index (χ4v) is 3.90. The maximum absolute atomic E-state index is 5.14. The Morgan fingerprint density at radius 1 is 1.05 bits per heavy atom. The molecule has 1 unspecified atom stereocenters. The molecule has 1 aliphatic carbocycles. The zero-order valence-corrected chi connectivity index (χ0v) is 12.4. The van der Waals surface area contributed by atoms with E-state index in [0.717, 1.165) is 12.3 Å². The Morgan fingerprint density at radius 2 is 1.81 bits per heavy atom. The van der Waals surface area contributed by atoms with Crippen LogP contribution in [0.4, 0.5) is 0 Å². The number of benzene rings is 1. The van der Waals surface area contributed by atoms with Gasteiger partial charge in [0.2, 0.25) is 5.79 Å². The van der Waals surface area contributed by atoms with Crippen LogP contribution < -0.4 is 0 Å². The highest BCUT2D eigenvalue weighted by Gasteiger charge is 2.55. The molecule has 1 aromatic rings. The van der Waals surface area contributed by atoms with Crippen LogP contribution in [0.1, 0.15) is 37.7 Å². The van der Waals surface area contributed by atoms with Crippen LogP contribution >= 0.6 is 0 Å². The molecule has 2 heterocycles. The van der Waals surface area contributed by atoms with E-state index in [-0.39, 0.29) is 5.79 Å². The molecule has 0 radical (unpaired) electrons. The Labute approximate surface area is 125 Å². The first kappa shape index (κ1) is 12.8. The molecule has 1 fully saturated rings. The van der Waals surface area contributed by atoms with E-state index >= 15 is 0 Å². The summed E-state index contributed by atoms with van der Waals surface area (Å²) in [6, 6.07) is 10.4. The molecular weight excluding hydrogens is 262 g/mol. The highest BCUT2D eigenvalue weighted by molar-refractivity contribution is 6.03. The van der Waals surface area contributed by atoms with Gasteiger partial charge in [0.25, 0.3) is 0 Å². The van der Waals surface area contributed by atoms with Crippen molar-refractivity contribution in [3.05, 3.63) is 35.9 Å². The number of aliphatic imine (C=N–C) groups is 1. The van der Waals surface area contributed by atoms with Crippen LogP contribution in [0.2, 0.25) is 0 Å². The van der Waals surface area contributed by atoms with Gasteiger partial charge in [0, 0.05) is 13.0 Å². The molecule has 0 bridgehead atoms. The van der Waals surface area contributed by atoms with E-state index in [1.54, 1.807) is 0 Å². The van der Waals surface area contributed by atoms with Crippen molar-refractivity contribution in [2.45, 2.75) is 37.9 Å². The van der Waals surface area contributed by atoms with Gasteiger partial charge in [-0.05, 0) is 28.9 Å². The van der Waals surface area contributed by atoms with Gasteiger partial charge in [-0.1, -0.05) is 49.6 Å². The van der Waals surface area contributed by atoms with Gasteiger partial charge in [0.05, 0.1) is 12.3 Å². The van der Waals surface area contributed by atoms with Gasteiger partial charge in [0.1, 0.15) is 0 Å². The molecule has 2 aliphatic heterocycles. The van der Waals surface area contributed by atoms with Crippen LogP contribution in [-0.4, -0.2) is 35.1 Å². The molecule has 1 saturated carbocycles. The minimum Gasteiger partial charge on any atom is -0.236 e. The van der Waals surface area contributed by atoms with Crippen LogP contribution in [0.3, 0.4) is 0 Å². The second kappa shape index (κ2) is 4.83. The van der Waals surface area contributed by atoms with E-state index in [2.05, 4.69) is 39.7 Å². The zero-order chi connectivity index (χ0) is 14.3. The summed E-state index contributed by atoms with van der Waals surface area (Å²) in [5, 5.41) is 12.7. The number of hydrogen-bond donors (Lipinski definition) is 0. The van der Waals surface area contributed by atoms with Crippen LogP contribution in [0, 0.1) is 5.92 Å². The quantitative estimate of drug-likeness (QED) is 0.836. The van der Waals surface area contributed by atoms with Crippen molar-refractivity contribution in [3.8, 4) is 0 Å². The third-order valence-corrected chi connectivity index (χ3v) is 5.00. The molecule has 0 N–H and O–H groups in total. The highest BCUT2D eigenvalue weighted by atomic mass is 15.9. The summed E-state index contributed by atoms with van der Waals surface area (Å²) >= 11 is 0. The zero-order valence-electron chi connectivity index (χ0n) is 12.4. The lowest BCUT2D eigenvalue weighted by molar-refractivity contribution is -0.0326. The fourth-order valence-electron chi connectivity index (χ4n) is 3.90. The molecule has 5 heteroatoms. The summed E-state index contributed by atoms with van der Waals surface area (Å²) in [4.78, 5) is 5.14. The van der Waals surface area contributed by atoms with Crippen LogP contribution in [0.25, 0.3) is 0 Å². The second-order valence-corrected chi connectivity index (χ2v) is 6.21. The Kier molecular flexibility index (Phi) is 2.94. The van der Waals surface area contributed by atoms with Crippen molar-refractivity contribution in [3.63, 3.8) is 0 Å². The Bertz CT molecular complexity index is 576. The first-order valence-corrected chi connectivity index (χ1v) is 7.88. The van der Waals surface area contributed by atoms with E-state index in [9.17, 15) is 0 Å². The molecule has 3 aliphatic rings. The molecule has 21 heavy (non-hydrogen) atoms. The minimum atomic E-state index is -0.369. The summed E-state index contributed by atoms with van der Waals surface area (Å²) < 4.78 is 0. The number of rotatable bonds is 2. The summed E-state index contributed by atoms with van der Waals surface area (Å²) in [6.07, 6.45) is 6.38. The van der Waals surface area contributed by atoms with E-state index in [1.165, 1.54) is 37.7 Å². The van der Waals surface area contributed by atoms with Gasteiger partial charge in [-0.25, -0.2) is 15.0 Å². The number of fused-ring (bicyclic) bond motifs is 1. The van der Waals surface area contributed by atoms with Gasteiger partial charge in [-0.15, -0.1) is 0 Å². The third kappa shape index (κ3) is 1.87. The van der Waals surface area contributed by atoms with Crippen molar-refractivity contribution in [2.24, 2.45) is 21.4 Å². The van der Waals surface area contributed by atoms with Crippen molar-refractivity contribution in [1.29, 1.82) is 0 Å². The smallest absolute Gasteiger partial charge is 0.236 e. The Balaban J connectivity index is 1.72. The van der Waals surface area contributed by atoms with Crippen molar-refractivity contribution < 1.29 is 0 Å². The largest absolute Gasteiger partial charge is 0.245 e. The molecule has 1 atom stereocenters. The molecular formula is C16H21N5. The molecule has 5 nitrogen and oxygen atoms in total. The molecule has 0 spiro atoms. The lowest BCUT2D eigenvalue weighted by Crippen LogP contribution is -2.53. The maximum Gasteiger partial charge on any atom is 0.245 e. The van der Waals surface area contributed by atoms with E-state index in [4.69, 9.17) is 4.99 Å². The van der Waals surface area contributed by atoms with Gasteiger partial charge < -0.3 is 0 Å². The molecule has 1 aromatic carbocycles. The first-order chi connectivity index (χ1) is 10.3. The van der Waals surface area contributed by atoms with Crippen molar-refractivity contribution in [1.82, 2.24) is 10.0 Å². The van der Waals surface area contributed by atoms with Crippen LogP contribution in [-0.2, 0) is 0 Å². The molecule has 0 amide bonds. The van der Waals surface area contributed by atoms with Gasteiger partial charge in [0.15, 0.2) is 0 Å². The Morgan fingerprint density at radius 3 is 2.57 bits per heavy atom. The molecule has 110 valence electrons. The van der Waals surface area contributed by atoms with E-state index in [0.29, 0.717) is 5.92 Å². The van der Waals surface area contributed by atoms with Crippen LogP contribution in [0.5, 0.6) is 0 Å². The van der Waals surface area contributed by atoms with Gasteiger partial charge in [-0.2, -0.15) is 0 Å². The summed E-state index contributed by atoms with van der Waals surface area (Å²) in [5.74, 6) is 0.151. The predicted molar refractivity (Wildman–Crippen MR) is 81.6 cm³/mol. The maximum atomic E-state index is 5.14. The van der Waals surface area contributed by atoms with Crippen molar-refractivity contribution >= 4 is 5.71 Å². The topological polar surface area (TPSA) is 43.6 Å². The average molecular weight is 283 g/mol.